The molecule has 3 atom stereocenters. The van der Waals surface area contributed by atoms with Crippen molar-refractivity contribution >= 4 is 11.9 Å². The normalized spacial score (nSPS) is 27.9. The minimum atomic E-state index is -0.477. The van der Waals surface area contributed by atoms with E-state index in [0.29, 0.717) is 5.57 Å². The summed E-state index contributed by atoms with van der Waals surface area (Å²) in [6.45, 7) is 7.05. The number of ether oxygens (including phenoxy) is 2. The van der Waals surface area contributed by atoms with E-state index in [0.717, 1.165) is 25.9 Å². The lowest BCUT2D eigenvalue weighted by atomic mass is 9.97. The number of rotatable bonds is 6. The van der Waals surface area contributed by atoms with Crippen LogP contribution in [0.3, 0.4) is 0 Å². The van der Waals surface area contributed by atoms with Gasteiger partial charge in [0.15, 0.2) is 0 Å². The molecule has 0 spiro atoms. The first kappa shape index (κ1) is 18.7. The van der Waals surface area contributed by atoms with Gasteiger partial charge in [-0.25, -0.2) is 9.59 Å². The number of esters is 2. The number of fused-ring (bicyclic) bond motifs is 1. The fourth-order valence-electron chi connectivity index (χ4n) is 3.42. The summed E-state index contributed by atoms with van der Waals surface area (Å²) in [5.41, 5.74) is 0.873. The number of allylic oxidation sites excluding steroid dienone is 2. The van der Waals surface area contributed by atoms with Crippen LogP contribution >= 0.6 is 0 Å². The fraction of sp³-hybridized carbons (Fsp3) is 0.667. The summed E-state index contributed by atoms with van der Waals surface area (Å²) in [7, 11) is 0. The molecule has 2 heterocycles. The maximum atomic E-state index is 12.0. The number of hydrogen-bond acceptors (Lipinski definition) is 6. The Kier molecular flexibility index (Phi) is 6.57. The predicted octanol–water partition coefficient (Wildman–Crippen LogP) is 1.44. The van der Waals surface area contributed by atoms with Gasteiger partial charge < -0.3 is 14.6 Å². The molecule has 24 heavy (non-hydrogen) atoms. The first-order valence-corrected chi connectivity index (χ1v) is 8.52. The van der Waals surface area contributed by atoms with Gasteiger partial charge in [0.25, 0.3) is 0 Å². The van der Waals surface area contributed by atoms with Gasteiger partial charge >= 0.3 is 11.9 Å². The van der Waals surface area contributed by atoms with Crippen molar-refractivity contribution < 1.29 is 24.2 Å². The molecule has 2 rings (SSSR count). The van der Waals surface area contributed by atoms with Crippen molar-refractivity contribution in [2.75, 3.05) is 26.3 Å². The molecule has 6 nitrogen and oxygen atoms in total. The zero-order valence-electron chi connectivity index (χ0n) is 14.7. The van der Waals surface area contributed by atoms with Gasteiger partial charge in [0.1, 0.15) is 6.10 Å². The average molecular weight is 337 g/mol. The summed E-state index contributed by atoms with van der Waals surface area (Å²) in [4.78, 5) is 26.2. The third-order valence-corrected chi connectivity index (χ3v) is 5.00. The first-order valence-electron chi connectivity index (χ1n) is 8.52. The van der Waals surface area contributed by atoms with Crippen molar-refractivity contribution in [1.82, 2.24) is 4.90 Å². The van der Waals surface area contributed by atoms with Gasteiger partial charge in [0.2, 0.25) is 0 Å². The quantitative estimate of drug-likeness (QED) is 0.584. The first-order chi connectivity index (χ1) is 11.5. The Morgan fingerprint density at radius 1 is 1.17 bits per heavy atom. The molecule has 0 saturated carbocycles. The van der Waals surface area contributed by atoms with E-state index in [1.807, 2.05) is 6.92 Å². The number of aliphatic hydroxyl groups excluding tert-OH is 1. The summed E-state index contributed by atoms with van der Waals surface area (Å²) < 4.78 is 11.0. The minimum Gasteiger partial charge on any atom is -0.462 e. The molecule has 2 aliphatic heterocycles. The molecule has 0 aromatic carbocycles. The molecular weight excluding hydrogens is 310 g/mol. The molecule has 134 valence electrons. The second kappa shape index (κ2) is 8.44. The van der Waals surface area contributed by atoms with E-state index in [1.54, 1.807) is 26.0 Å². The van der Waals surface area contributed by atoms with Crippen LogP contribution in [0.1, 0.15) is 33.6 Å². The zero-order valence-corrected chi connectivity index (χ0v) is 14.7. The second-order valence-corrected chi connectivity index (χ2v) is 6.35. The Morgan fingerprint density at radius 3 is 2.50 bits per heavy atom. The van der Waals surface area contributed by atoms with Crippen molar-refractivity contribution in [3.63, 3.8) is 0 Å². The number of aliphatic hydroxyl groups is 1. The Labute approximate surface area is 143 Å². The van der Waals surface area contributed by atoms with E-state index < -0.39 is 5.97 Å². The van der Waals surface area contributed by atoms with Gasteiger partial charge in [-0.3, -0.25) is 4.90 Å². The van der Waals surface area contributed by atoms with Crippen LogP contribution in [0, 0.1) is 5.92 Å². The molecule has 1 unspecified atom stereocenters. The molecule has 6 heteroatoms. The van der Waals surface area contributed by atoms with E-state index in [4.69, 9.17) is 14.6 Å². The van der Waals surface area contributed by atoms with Gasteiger partial charge in [0, 0.05) is 18.0 Å². The maximum Gasteiger partial charge on any atom is 0.336 e. The molecular formula is C18H27NO5. The largest absolute Gasteiger partial charge is 0.462 e. The molecule has 0 amide bonds. The molecule has 0 aromatic heterocycles. The molecule has 0 aliphatic carbocycles. The van der Waals surface area contributed by atoms with Crippen LogP contribution in [0.25, 0.3) is 0 Å². The van der Waals surface area contributed by atoms with Crippen LogP contribution < -0.4 is 0 Å². The van der Waals surface area contributed by atoms with Crippen LogP contribution in [-0.2, 0) is 19.1 Å². The Morgan fingerprint density at radius 2 is 1.88 bits per heavy atom. The SMILES string of the molecule is C/C=C(/CO)C(=O)OC[C@H]1CCN2CC[C@@H](OC(=O)/C(C)=C/C)C12. The van der Waals surface area contributed by atoms with Gasteiger partial charge in [-0.1, -0.05) is 12.2 Å². The van der Waals surface area contributed by atoms with Gasteiger partial charge in [-0.2, -0.15) is 0 Å². The highest BCUT2D eigenvalue weighted by Gasteiger charge is 2.46. The van der Waals surface area contributed by atoms with Crippen molar-refractivity contribution in [3.8, 4) is 0 Å². The predicted molar refractivity (Wildman–Crippen MR) is 89.2 cm³/mol. The topological polar surface area (TPSA) is 76.1 Å². The summed E-state index contributed by atoms with van der Waals surface area (Å²) in [6, 6.07) is 0.106. The van der Waals surface area contributed by atoms with Crippen molar-refractivity contribution in [1.29, 1.82) is 0 Å². The lowest BCUT2D eigenvalue weighted by molar-refractivity contribution is -0.148. The van der Waals surface area contributed by atoms with Gasteiger partial charge in [-0.05, 0) is 40.2 Å². The highest BCUT2D eigenvalue weighted by molar-refractivity contribution is 5.88. The molecule has 0 radical (unpaired) electrons. The highest BCUT2D eigenvalue weighted by atomic mass is 16.5. The zero-order chi connectivity index (χ0) is 17.7. The third-order valence-electron chi connectivity index (χ3n) is 5.00. The molecule has 1 N–H and O–H groups in total. The van der Waals surface area contributed by atoms with E-state index in [1.165, 1.54) is 0 Å². The van der Waals surface area contributed by atoms with Crippen LogP contribution in [-0.4, -0.2) is 60.4 Å². The Bertz CT molecular complexity index is 540. The molecule has 2 aliphatic rings. The lowest BCUT2D eigenvalue weighted by Crippen LogP contribution is -2.38. The van der Waals surface area contributed by atoms with Crippen LogP contribution in [0.4, 0.5) is 0 Å². The average Bonchev–Trinajstić information content (AvgIpc) is 3.16. The third kappa shape index (κ3) is 4.05. The standard InChI is InChI=1S/C18H27NO5/c1-4-12(3)17(21)24-15-7-9-19-8-6-14(16(15)19)11-23-18(22)13(5-2)10-20/h4-5,14-16,20H,6-11H2,1-3H3/b12-4+,13-5-/t14-,15-,16?/m1/s1. The molecule has 2 fully saturated rings. The summed E-state index contributed by atoms with van der Waals surface area (Å²) in [5, 5.41) is 9.12. The summed E-state index contributed by atoms with van der Waals surface area (Å²) in [5.74, 6) is -0.602. The lowest BCUT2D eigenvalue weighted by Gasteiger charge is -2.26. The number of nitrogens with zero attached hydrogens (tertiary/aromatic N) is 1. The van der Waals surface area contributed by atoms with Crippen molar-refractivity contribution in [2.24, 2.45) is 5.92 Å². The van der Waals surface area contributed by atoms with Gasteiger partial charge in [-0.15, -0.1) is 0 Å². The van der Waals surface area contributed by atoms with Crippen molar-refractivity contribution in [3.05, 3.63) is 23.3 Å². The van der Waals surface area contributed by atoms with Crippen LogP contribution in [0.2, 0.25) is 0 Å². The summed E-state index contributed by atoms with van der Waals surface area (Å²) >= 11 is 0. The van der Waals surface area contributed by atoms with Crippen molar-refractivity contribution in [2.45, 2.75) is 45.8 Å². The molecule has 0 aromatic rings. The molecule has 0 bridgehead atoms. The van der Waals surface area contributed by atoms with E-state index in [9.17, 15) is 9.59 Å². The fourth-order valence-corrected chi connectivity index (χ4v) is 3.42. The minimum absolute atomic E-state index is 0.106. The number of carbonyl (C=O) groups is 2. The molecule has 2 saturated heterocycles. The Balaban J connectivity index is 1.95. The highest BCUT2D eigenvalue weighted by Crippen LogP contribution is 2.35. The van der Waals surface area contributed by atoms with Gasteiger partial charge in [0.05, 0.1) is 24.8 Å². The van der Waals surface area contributed by atoms with E-state index in [2.05, 4.69) is 4.90 Å². The maximum absolute atomic E-state index is 12.0. The smallest absolute Gasteiger partial charge is 0.336 e. The summed E-state index contributed by atoms with van der Waals surface area (Å²) in [6.07, 6.45) is 4.88. The van der Waals surface area contributed by atoms with Crippen LogP contribution in [0.5, 0.6) is 0 Å². The van der Waals surface area contributed by atoms with Crippen LogP contribution in [0.15, 0.2) is 23.3 Å². The van der Waals surface area contributed by atoms with E-state index in [-0.39, 0.29) is 42.8 Å². The monoisotopic (exact) mass is 337 g/mol. The Hall–Kier alpha value is -1.66. The number of hydrogen-bond donors (Lipinski definition) is 1. The van der Waals surface area contributed by atoms with E-state index >= 15 is 0 Å². The number of carbonyl (C=O) groups excluding carboxylic acids is 2. The second-order valence-electron chi connectivity index (χ2n) is 6.35.